The monoisotopic (exact) mass is 488 g/mol. The minimum atomic E-state index is -0.578. The summed E-state index contributed by atoms with van der Waals surface area (Å²) in [7, 11) is 0. The van der Waals surface area contributed by atoms with Crippen LogP contribution in [0.4, 0.5) is 0 Å². The maximum atomic E-state index is 13.5. The van der Waals surface area contributed by atoms with Gasteiger partial charge in [-0.25, -0.2) is 4.98 Å². The molecule has 2 aliphatic rings. The second kappa shape index (κ2) is 11.0. The van der Waals surface area contributed by atoms with Crippen molar-refractivity contribution in [3.8, 4) is 0 Å². The molecule has 3 heterocycles. The number of Topliss-reactive ketones (excluding diaryl/α,β-unsaturated/α-hetero) is 1. The molecular weight excluding hydrogens is 444 g/mol. The molecule has 1 aromatic rings. The van der Waals surface area contributed by atoms with Crippen LogP contribution in [0.15, 0.2) is 11.0 Å². The zero-order valence-corrected chi connectivity index (χ0v) is 23.1. The second-order valence-corrected chi connectivity index (χ2v) is 12.6. The molecule has 2 fully saturated rings. The van der Waals surface area contributed by atoms with E-state index >= 15 is 0 Å². The Balaban J connectivity index is 1.81. The van der Waals surface area contributed by atoms with E-state index in [-0.39, 0.29) is 36.1 Å². The molecule has 7 atom stereocenters. The van der Waals surface area contributed by atoms with Gasteiger partial charge in [-0.2, -0.15) is 0 Å². The molecular formula is C28H44N2O3S. The van der Waals surface area contributed by atoms with Gasteiger partial charge < -0.3 is 10.1 Å². The number of hydrogen-bond acceptors (Lipinski definition) is 6. The van der Waals surface area contributed by atoms with E-state index < -0.39 is 5.41 Å². The van der Waals surface area contributed by atoms with Crippen LogP contribution in [0.3, 0.4) is 0 Å². The van der Waals surface area contributed by atoms with Gasteiger partial charge in [0.05, 0.1) is 10.7 Å². The van der Waals surface area contributed by atoms with Gasteiger partial charge in [0.2, 0.25) is 0 Å². The molecule has 0 saturated carbocycles. The number of nitrogens with one attached hydrogen (secondary N) is 1. The second-order valence-electron chi connectivity index (χ2n) is 11.5. The summed E-state index contributed by atoms with van der Waals surface area (Å²) in [5, 5.41) is 6.67. The summed E-state index contributed by atoms with van der Waals surface area (Å²) in [6.45, 7) is 16.6. The van der Waals surface area contributed by atoms with Gasteiger partial charge in [-0.1, -0.05) is 54.4 Å². The molecule has 5 nitrogen and oxygen atoms in total. The van der Waals surface area contributed by atoms with Crippen LogP contribution in [0.25, 0.3) is 6.08 Å². The molecule has 3 rings (SSSR count). The van der Waals surface area contributed by atoms with Crippen molar-refractivity contribution in [3.05, 3.63) is 21.7 Å². The van der Waals surface area contributed by atoms with Gasteiger partial charge in [-0.05, 0) is 49.7 Å². The molecule has 1 N–H and O–H groups in total. The van der Waals surface area contributed by atoms with E-state index in [0.717, 1.165) is 42.0 Å². The maximum Gasteiger partial charge on any atom is 0.306 e. The normalized spacial score (nSPS) is 36.0. The van der Waals surface area contributed by atoms with Crippen molar-refractivity contribution in [2.45, 2.75) is 106 Å². The van der Waals surface area contributed by atoms with Gasteiger partial charge in [0.1, 0.15) is 11.9 Å². The van der Waals surface area contributed by atoms with Crippen molar-refractivity contribution >= 4 is 29.2 Å². The Bertz CT molecular complexity index is 905. The molecule has 7 unspecified atom stereocenters. The highest BCUT2D eigenvalue weighted by Crippen LogP contribution is 2.38. The highest BCUT2D eigenvalue weighted by Gasteiger charge is 2.42. The highest BCUT2D eigenvalue weighted by atomic mass is 32.1. The molecule has 190 valence electrons. The Morgan fingerprint density at radius 2 is 1.88 bits per heavy atom. The number of carbonyl (C=O) groups excluding carboxylic acids is 2. The molecule has 6 heteroatoms. The predicted molar refractivity (Wildman–Crippen MR) is 140 cm³/mol. The quantitative estimate of drug-likeness (QED) is 0.395. The number of hydrogen-bond donors (Lipinski definition) is 1. The lowest BCUT2D eigenvalue weighted by Gasteiger charge is -2.36. The predicted octanol–water partition coefficient (Wildman–Crippen LogP) is 6.21. The highest BCUT2D eigenvalue weighted by molar-refractivity contribution is 7.09. The third-order valence-electron chi connectivity index (χ3n) is 8.68. The van der Waals surface area contributed by atoms with Crippen LogP contribution in [-0.2, 0) is 14.3 Å². The lowest BCUT2D eigenvalue weighted by molar-refractivity contribution is -0.150. The smallest absolute Gasteiger partial charge is 0.306 e. The maximum absolute atomic E-state index is 13.5. The number of thiazole rings is 1. The standard InChI is InChI=1S/C28H44N2O3S/c1-16-10-9-11-23-24(30-23)14-25(17(2)12-22-15-34-21(6)29-22)33-26(31)13-18(3)28(7,8)27(32)20(5)19(16)4/h12,15-16,18-20,23-25,30H,9-11,13-14H2,1-8H3/b17-12+. The summed E-state index contributed by atoms with van der Waals surface area (Å²) in [6, 6.07) is 0.871. The van der Waals surface area contributed by atoms with Gasteiger partial charge in [0.25, 0.3) is 0 Å². The summed E-state index contributed by atoms with van der Waals surface area (Å²) >= 11 is 1.62. The Kier molecular flexibility index (Phi) is 8.78. The van der Waals surface area contributed by atoms with E-state index in [2.05, 4.69) is 31.1 Å². The number of carbonyl (C=O) groups is 2. The van der Waals surface area contributed by atoms with Crippen molar-refractivity contribution < 1.29 is 14.3 Å². The molecule has 0 spiro atoms. The number of aryl methyl sites for hydroxylation is 1. The van der Waals surface area contributed by atoms with E-state index in [0.29, 0.717) is 23.9 Å². The Labute approximate surface area is 210 Å². The SMILES string of the molecule is C/C(=C\c1csc(C)n1)C1CC2NC2CCCC(C)C(C)C(C)C(=O)C(C)(C)C(C)CC(=O)O1. The van der Waals surface area contributed by atoms with E-state index in [1.165, 1.54) is 0 Å². The summed E-state index contributed by atoms with van der Waals surface area (Å²) in [5.74, 6) is 0.743. The van der Waals surface area contributed by atoms with Crippen molar-refractivity contribution in [3.63, 3.8) is 0 Å². The first-order chi connectivity index (χ1) is 15.9. The zero-order chi connectivity index (χ0) is 25.2. The zero-order valence-electron chi connectivity index (χ0n) is 22.3. The average molecular weight is 489 g/mol. The molecule has 2 aliphatic heterocycles. The number of cyclic esters (lactones) is 1. The van der Waals surface area contributed by atoms with Crippen molar-refractivity contribution in [1.29, 1.82) is 0 Å². The first kappa shape index (κ1) is 27.1. The minimum Gasteiger partial charge on any atom is -0.458 e. The summed E-state index contributed by atoms with van der Waals surface area (Å²) in [5.41, 5.74) is 1.36. The number of nitrogens with zero attached hydrogens (tertiary/aromatic N) is 1. The number of aromatic nitrogens is 1. The number of fused-ring (bicyclic) bond motifs is 1. The van der Waals surface area contributed by atoms with Gasteiger partial charge in [-0.3, -0.25) is 9.59 Å². The topological polar surface area (TPSA) is 78.2 Å². The molecule has 0 amide bonds. The van der Waals surface area contributed by atoms with E-state index in [9.17, 15) is 9.59 Å². The summed E-state index contributed by atoms with van der Waals surface area (Å²) in [6.07, 6.45) is 6.20. The van der Waals surface area contributed by atoms with Gasteiger partial charge in [-0.15, -0.1) is 11.3 Å². The van der Waals surface area contributed by atoms with Crippen molar-refractivity contribution in [1.82, 2.24) is 10.3 Å². The average Bonchev–Trinajstić information content (AvgIpc) is 3.38. The fourth-order valence-electron chi connectivity index (χ4n) is 5.26. The summed E-state index contributed by atoms with van der Waals surface area (Å²) < 4.78 is 6.07. The van der Waals surface area contributed by atoms with Crippen LogP contribution in [0.2, 0.25) is 0 Å². The van der Waals surface area contributed by atoms with Crippen LogP contribution in [0, 0.1) is 36.0 Å². The van der Waals surface area contributed by atoms with Gasteiger partial charge in [0.15, 0.2) is 0 Å². The van der Waals surface area contributed by atoms with Crippen molar-refractivity contribution in [2.75, 3.05) is 0 Å². The van der Waals surface area contributed by atoms with Crippen LogP contribution >= 0.6 is 11.3 Å². The number of rotatable bonds is 2. The Morgan fingerprint density at radius 3 is 2.53 bits per heavy atom. The van der Waals surface area contributed by atoms with E-state index in [4.69, 9.17) is 4.74 Å². The number of esters is 1. The van der Waals surface area contributed by atoms with E-state index in [1.807, 2.05) is 46.1 Å². The Hall–Kier alpha value is -1.53. The fourth-order valence-corrected chi connectivity index (χ4v) is 5.83. The molecule has 1 aromatic heterocycles. The number of ether oxygens (including phenoxy) is 1. The summed E-state index contributed by atoms with van der Waals surface area (Å²) in [4.78, 5) is 31.1. The van der Waals surface area contributed by atoms with Gasteiger partial charge in [0, 0.05) is 41.6 Å². The van der Waals surface area contributed by atoms with Crippen LogP contribution in [0.5, 0.6) is 0 Å². The van der Waals surface area contributed by atoms with Crippen LogP contribution in [0.1, 0.15) is 91.3 Å². The Morgan fingerprint density at radius 1 is 1.18 bits per heavy atom. The van der Waals surface area contributed by atoms with Crippen LogP contribution in [-0.4, -0.2) is 34.9 Å². The van der Waals surface area contributed by atoms with E-state index in [1.54, 1.807) is 11.3 Å². The molecule has 2 saturated heterocycles. The molecule has 0 bridgehead atoms. The lowest BCUT2D eigenvalue weighted by atomic mass is 9.67. The van der Waals surface area contributed by atoms with Crippen LogP contribution < -0.4 is 5.32 Å². The molecule has 34 heavy (non-hydrogen) atoms. The first-order valence-electron chi connectivity index (χ1n) is 13.0. The van der Waals surface area contributed by atoms with Gasteiger partial charge >= 0.3 is 5.97 Å². The molecule has 0 radical (unpaired) electrons. The molecule has 0 aliphatic carbocycles. The van der Waals surface area contributed by atoms with Crippen molar-refractivity contribution in [2.24, 2.45) is 29.1 Å². The third-order valence-corrected chi connectivity index (χ3v) is 9.47. The number of ketones is 1. The first-order valence-corrected chi connectivity index (χ1v) is 13.9. The minimum absolute atomic E-state index is 0.0253. The fraction of sp³-hybridized carbons (Fsp3) is 0.750. The third kappa shape index (κ3) is 6.57. The molecule has 0 aromatic carbocycles. The largest absolute Gasteiger partial charge is 0.458 e. The lowest BCUT2D eigenvalue weighted by Crippen LogP contribution is -2.40.